The highest BCUT2D eigenvalue weighted by Gasteiger charge is 2.46. The minimum atomic E-state index is -0.465. The lowest BCUT2D eigenvalue weighted by Crippen LogP contribution is -2.28. The van der Waals surface area contributed by atoms with Crippen molar-refractivity contribution in [2.75, 3.05) is 0 Å². The fraction of sp³-hybridized carbons (Fsp3) is 0.0159. The third kappa shape index (κ3) is 5.74. The summed E-state index contributed by atoms with van der Waals surface area (Å²) in [7, 11) is 0. The molecule has 0 N–H and O–H groups in total. The maximum absolute atomic E-state index is 5.50. The molecule has 0 atom stereocenters. The molecule has 1 aliphatic rings. The molecular weight excluding hydrogens is 785 g/mol. The average Bonchev–Trinajstić information content (AvgIpc) is 3.68. The fourth-order valence-corrected chi connectivity index (χ4v) is 10.9. The number of hydrogen-bond donors (Lipinski definition) is 0. The first-order valence-corrected chi connectivity index (χ1v) is 22.4. The van der Waals surface area contributed by atoms with Gasteiger partial charge < -0.3 is 0 Å². The van der Waals surface area contributed by atoms with E-state index in [1.54, 1.807) is 0 Å². The number of fused-ring (bicyclic) bond motifs is 8. The summed E-state index contributed by atoms with van der Waals surface area (Å²) in [6.45, 7) is 0. The fourth-order valence-electron chi connectivity index (χ4n) is 10.9. The Bertz CT molecular complexity index is 3720. The van der Waals surface area contributed by atoms with E-state index in [1.807, 2.05) is 6.07 Å². The lowest BCUT2D eigenvalue weighted by molar-refractivity contribution is 0.769. The van der Waals surface area contributed by atoms with Crippen LogP contribution in [-0.4, -0.2) is 9.97 Å². The Balaban J connectivity index is 0.992. The molecule has 2 aromatic heterocycles. The molecule has 12 aromatic rings. The molecule has 0 bridgehead atoms. The van der Waals surface area contributed by atoms with Crippen LogP contribution in [0.4, 0.5) is 0 Å². The summed E-state index contributed by atoms with van der Waals surface area (Å²) >= 11 is 0. The molecule has 2 heteroatoms. The van der Waals surface area contributed by atoms with Crippen LogP contribution in [0.25, 0.3) is 99.2 Å². The van der Waals surface area contributed by atoms with E-state index < -0.39 is 5.41 Å². The first-order chi connectivity index (χ1) is 32.2. The van der Waals surface area contributed by atoms with Crippen LogP contribution in [0.5, 0.6) is 0 Å². The van der Waals surface area contributed by atoms with Crippen molar-refractivity contribution in [3.8, 4) is 55.9 Å². The van der Waals surface area contributed by atoms with Gasteiger partial charge >= 0.3 is 0 Å². The van der Waals surface area contributed by atoms with E-state index >= 15 is 0 Å². The van der Waals surface area contributed by atoms with Gasteiger partial charge in [0.2, 0.25) is 0 Å². The van der Waals surface area contributed by atoms with Crippen molar-refractivity contribution in [2.24, 2.45) is 0 Å². The third-order valence-corrected chi connectivity index (χ3v) is 13.7. The van der Waals surface area contributed by atoms with Gasteiger partial charge in [-0.2, -0.15) is 0 Å². The standard InChI is InChI=1S/C63H40N2/c1-4-17-41(18-5-1)57-37-34-42-31-32-43-35-38-58(65-62(43)61(42)64-57)60-53-28-12-10-26-51(53)59(52-27-11-13-29-54(52)60)46-20-16-19-44(39-46)45-33-36-50-49-25-14-15-30-55(49)63(56(50)40-45,47-21-6-2-7-22-47)48-23-8-3-9-24-48/h1-40H. The summed E-state index contributed by atoms with van der Waals surface area (Å²) in [6.07, 6.45) is 0. The maximum Gasteiger partial charge on any atom is 0.0972 e. The Kier molecular flexibility index (Phi) is 8.47. The SMILES string of the molecule is c1ccc(-c2ccc3ccc4ccc(-c5c6ccccc6c(-c6cccc(-c7ccc8c(c7)C(c7ccccc7)(c7ccccc7)c7ccccc7-8)c6)c6ccccc56)nc4c3n2)cc1. The lowest BCUT2D eigenvalue weighted by Gasteiger charge is -2.34. The molecule has 2 heterocycles. The van der Waals surface area contributed by atoms with Crippen LogP contribution in [0.15, 0.2) is 243 Å². The van der Waals surface area contributed by atoms with E-state index in [4.69, 9.17) is 9.97 Å². The van der Waals surface area contributed by atoms with Crippen LogP contribution in [0, 0.1) is 0 Å². The molecule has 10 aromatic carbocycles. The first kappa shape index (κ1) is 37.1. The van der Waals surface area contributed by atoms with Crippen molar-refractivity contribution in [3.63, 3.8) is 0 Å². The van der Waals surface area contributed by atoms with Crippen LogP contribution in [0.3, 0.4) is 0 Å². The summed E-state index contributed by atoms with van der Waals surface area (Å²) in [5.41, 5.74) is 17.9. The van der Waals surface area contributed by atoms with Crippen molar-refractivity contribution in [1.82, 2.24) is 9.97 Å². The molecule has 302 valence electrons. The molecule has 0 unspecified atom stereocenters. The Morgan fingerprint density at radius 2 is 0.738 bits per heavy atom. The number of nitrogens with zero attached hydrogens (tertiary/aromatic N) is 2. The highest BCUT2D eigenvalue weighted by molar-refractivity contribution is 6.21. The maximum atomic E-state index is 5.50. The second-order valence-electron chi connectivity index (χ2n) is 17.2. The van der Waals surface area contributed by atoms with E-state index in [0.29, 0.717) is 0 Å². The van der Waals surface area contributed by atoms with E-state index in [2.05, 4.69) is 237 Å². The average molecular weight is 825 g/mol. The van der Waals surface area contributed by atoms with Crippen molar-refractivity contribution in [3.05, 3.63) is 265 Å². The van der Waals surface area contributed by atoms with Gasteiger partial charge in [-0.25, -0.2) is 9.97 Å². The highest BCUT2D eigenvalue weighted by atomic mass is 14.8. The van der Waals surface area contributed by atoms with Crippen LogP contribution in [0.2, 0.25) is 0 Å². The number of benzene rings is 10. The Hall–Kier alpha value is -8.46. The van der Waals surface area contributed by atoms with Gasteiger partial charge in [-0.05, 0) is 101 Å². The molecule has 0 fully saturated rings. The molecular formula is C63H40N2. The highest BCUT2D eigenvalue weighted by Crippen LogP contribution is 2.57. The summed E-state index contributed by atoms with van der Waals surface area (Å²) in [6, 6.07) is 88.4. The summed E-state index contributed by atoms with van der Waals surface area (Å²) in [4.78, 5) is 10.7. The van der Waals surface area contributed by atoms with Gasteiger partial charge in [-0.15, -0.1) is 0 Å². The van der Waals surface area contributed by atoms with Gasteiger partial charge in [-0.1, -0.05) is 218 Å². The molecule has 0 aliphatic heterocycles. The second-order valence-corrected chi connectivity index (χ2v) is 17.2. The zero-order valence-corrected chi connectivity index (χ0v) is 35.5. The quantitative estimate of drug-likeness (QED) is 0.123. The summed E-state index contributed by atoms with van der Waals surface area (Å²) in [5, 5.41) is 6.87. The molecule has 0 saturated carbocycles. The molecule has 0 amide bonds. The topological polar surface area (TPSA) is 25.8 Å². The van der Waals surface area contributed by atoms with E-state index in [9.17, 15) is 0 Å². The smallest absolute Gasteiger partial charge is 0.0972 e. The van der Waals surface area contributed by atoms with Crippen LogP contribution < -0.4 is 0 Å². The largest absolute Gasteiger partial charge is 0.245 e. The van der Waals surface area contributed by atoms with Crippen LogP contribution in [-0.2, 0) is 5.41 Å². The van der Waals surface area contributed by atoms with Crippen LogP contribution in [0.1, 0.15) is 22.3 Å². The van der Waals surface area contributed by atoms with Gasteiger partial charge in [0.15, 0.2) is 0 Å². The lowest BCUT2D eigenvalue weighted by atomic mass is 9.67. The van der Waals surface area contributed by atoms with Gasteiger partial charge in [0.25, 0.3) is 0 Å². The van der Waals surface area contributed by atoms with Crippen LogP contribution >= 0.6 is 0 Å². The molecule has 13 rings (SSSR count). The minimum Gasteiger partial charge on any atom is -0.245 e. The van der Waals surface area contributed by atoms with Crippen molar-refractivity contribution >= 4 is 43.4 Å². The Morgan fingerprint density at radius 1 is 0.277 bits per heavy atom. The van der Waals surface area contributed by atoms with Gasteiger partial charge in [-0.3, -0.25) is 0 Å². The zero-order chi connectivity index (χ0) is 42.9. The molecule has 2 nitrogen and oxygen atoms in total. The van der Waals surface area contributed by atoms with Gasteiger partial charge in [0, 0.05) is 21.9 Å². The van der Waals surface area contributed by atoms with Crippen molar-refractivity contribution < 1.29 is 0 Å². The minimum absolute atomic E-state index is 0.465. The Labute approximate surface area is 377 Å². The number of pyridine rings is 2. The molecule has 65 heavy (non-hydrogen) atoms. The summed E-state index contributed by atoms with van der Waals surface area (Å²) < 4.78 is 0. The van der Waals surface area contributed by atoms with E-state index in [1.165, 1.54) is 77.2 Å². The predicted octanol–water partition coefficient (Wildman–Crippen LogP) is 16.1. The molecule has 0 radical (unpaired) electrons. The Morgan fingerprint density at radius 3 is 1.38 bits per heavy atom. The first-order valence-electron chi connectivity index (χ1n) is 22.4. The van der Waals surface area contributed by atoms with Crippen molar-refractivity contribution in [2.45, 2.75) is 5.41 Å². The number of aromatic nitrogens is 2. The van der Waals surface area contributed by atoms with Crippen molar-refractivity contribution in [1.29, 1.82) is 0 Å². The van der Waals surface area contributed by atoms with Gasteiger partial charge in [0.05, 0.1) is 27.8 Å². The third-order valence-electron chi connectivity index (χ3n) is 13.7. The van der Waals surface area contributed by atoms with E-state index in [0.717, 1.165) is 44.3 Å². The van der Waals surface area contributed by atoms with Gasteiger partial charge in [0.1, 0.15) is 0 Å². The normalized spacial score (nSPS) is 12.7. The monoisotopic (exact) mass is 824 g/mol. The molecule has 1 aliphatic carbocycles. The molecule has 0 spiro atoms. The number of rotatable bonds is 6. The van der Waals surface area contributed by atoms with E-state index in [-0.39, 0.29) is 0 Å². The summed E-state index contributed by atoms with van der Waals surface area (Å²) in [5.74, 6) is 0. The second kappa shape index (κ2) is 14.8. The number of hydrogen-bond acceptors (Lipinski definition) is 2. The predicted molar refractivity (Wildman–Crippen MR) is 271 cm³/mol. The molecule has 0 saturated heterocycles. The zero-order valence-electron chi connectivity index (χ0n) is 35.5.